The average Bonchev–Trinajstić information content (AvgIpc) is 2.86. The first-order valence-corrected chi connectivity index (χ1v) is 8.60. The van der Waals surface area contributed by atoms with E-state index in [1.54, 1.807) is 0 Å². The number of hydrogen-bond acceptors (Lipinski definition) is 4. The Bertz CT molecular complexity index is 723. The number of nitrogens with zero attached hydrogens (tertiary/aromatic N) is 1. The lowest BCUT2D eigenvalue weighted by Gasteiger charge is -2.13. The van der Waals surface area contributed by atoms with Gasteiger partial charge in [0.1, 0.15) is 5.69 Å². The Balaban J connectivity index is 2.46. The van der Waals surface area contributed by atoms with Crippen LogP contribution < -0.4 is 5.32 Å². The van der Waals surface area contributed by atoms with Crippen LogP contribution in [0.1, 0.15) is 47.0 Å². The van der Waals surface area contributed by atoms with Crippen LogP contribution in [0.2, 0.25) is 0 Å². The zero-order valence-electron chi connectivity index (χ0n) is 13.7. The lowest BCUT2D eigenvalue weighted by molar-refractivity contribution is 0.0906. The van der Waals surface area contributed by atoms with Gasteiger partial charge in [-0.05, 0) is 65.1 Å². The Morgan fingerprint density at radius 2 is 2.04 bits per heavy atom. The topological polar surface area (TPSA) is 75.4 Å². The molecule has 5 nitrogen and oxygen atoms in total. The summed E-state index contributed by atoms with van der Waals surface area (Å²) in [4.78, 5) is 12.0. The predicted molar refractivity (Wildman–Crippen MR) is 97.6 cm³/mol. The van der Waals surface area contributed by atoms with Crippen molar-refractivity contribution in [3.05, 3.63) is 38.2 Å². The van der Waals surface area contributed by atoms with Crippen molar-refractivity contribution < 1.29 is 14.4 Å². The molecule has 2 N–H and O–H groups in total. The van der Waals surface area contributed by atoms with Gasteiger partial charge in [0, 0.05) is 12.1 Å². The minimum atomic E-state index is -0.365. The molecular weight excluding hydrogens is 407 g/mol. The normalized spacial score (nSPS) is 11.1. The standard InChI is InChI=1S/C17H21IN2O3/c1-9(2)12-8-13(11(4)7-10(12)3)15-14(18)16(23-20-15)17(22)19-5-6-21/h7-9,21H,5-6H2,1-4H3,(H,19,22). The molecule has 0 aliphatic heterocycles. The van der Waals surface area contributed by atoms with Gasteiger partial charge < -0.3 is 14.9 Å². The molecule has 0 aliphatic carbocycles. The van der Waals surface area contributed by atoms with E-state index in [-0.39, 0.29) is 24.8 Å². The van der Waals surface area contributed by atoms with Crippen molar-refractivity contribution in [3.8, 4) is 11.3 Å². The van der Waals surface area contributed by atoms with Crippen molar-refractivity contribution in [2.75, 3.05) is 13.2 Å². The second-order valence-electron chi connectivity index (χ2n) is 5.83. The molecule has 2 aromatic rings. The zero-order valence-corrected chi connectivity index (χ0v) is 15.9. The van der Waals surface area contributed by atoms with E-state index >= 15 is 0 Å². The third-order valence-electron chi connectivity index (χ3n) is 3.73. The maximum absolute atomic E-state index is 12.0. The number of aryl methyl sites for hydroxylation is 2. The number of amides is 1. The molecule has 0 unspecified atom stereocenters. The van der Waals surface area contributed by atoms with Gasteiger partial charge >= 0.3 is 0 Å². The molecule has 23 heavy (non-hydrogen) atoms. The first kappa shape index (κ1) is 17.9. The Morgan fingerprint density at radius 1 is 1.35 bits per heavy atom. The fourth-order valence-corrected chi connectivity index (χ4v) is 3.32. The summed E-state index contributed by atoms with van der Waals surface area (Å²) < 4.78 is 5.92. The number of carbonyl (C=O) groups is 1. The van der Waals surface area contributed by atoms with Crippen molar-refractivity contribution in [2.45, 2.75) is 33.6 Å². The molecule has 0 bridgehead atoms. The monoisotopic (exact) mass is 428 g/mol. The number of carbonyl (C=O) groups excluding carboxylic acids is 1. The van der Waals surface area contributed by atoms with Gasteiger partial charge in [0.25, 0.3) is 5.91 Å². The summed E-state index contributed by atoms with van der Waals surface area (Å²) in [5, 5.41) is 15.5. The molecule has 0 atom stereocenters. The lowest BCUT2D eigenvalue weighted by Crippen LogP contribution is -2.26. The quantitative estimate of drug-likeness (QED) is 0.716. The van der Waals surface area contributed by atoms with Crippen LogP contribution >= 0.6 is 22.6 Å². The molecule has 1 aromatic carbocycles. The van der Waals surface area contributed by atoms with Gasteiger partial charge in [-0.2, -0.15) is 0 Å². The molecule has 124 valence electrons. The summed E-state index contributed by atoms with van der Waals surface area (Å²) in [5.74, 6) is 0.224. The van der Waals surface area contributed by atoms with Crippen LogP contribution in [-0.4, -0.2) is 29.3 Å². The molecule has 0 spiro atoms. The van der Waals surface area contributed by atoms with Crippen molar-refractivity contribution in [1.29, 1.82) is 0 Å². The number of aromatic nitrogens is 1. The van der Waals surface area contributed by atoms with Crippen molar-refractivity contribution in [3.63, 3.8) is 0 Å². The molecule has 0 aliphatic rings. The van der Waals surface area contributed by atoms with E-state index < -0.39 is 0 Å². The molecule has 0 radical (unpaired) electrons. The Hall–Kier alpha value is -1.41. The molecule has 1 amide bonds. The first-order chi connectivity index (χ1) is 10.9. The van der Waals surface area contributed by atoms with Crippen LogP contribution in [0.3, 0.4) is 0 Å². The molecule has 0 saturated carbocycles. The van der Waals surface area contributed by atoms with Crippen LogP contribution in [-0.2, 0) is 0 Å². The number of aliphatic hydroxyl groups excluding tert-OH is 1. The van der Waals surface area contributed by atoms with Crippen LogP contribution in [0, 0.1) is 17.4 Å². The summed E-state index contributed by atoms with van der Waals surface area (Å²) >= 11 is 2.08. The molecule has 1 aromatic heterocycles. The van der Waals surface area contributed by atoms with E-state index in [2.05, 4.69) is 66.0 Å². The summed E-state index contributed by atoms with van der Waals surface area (Å²) in [6.07, 6.45) is 0. The van der Waals surface area contributed by atoms with Gasteiger partial charge in [0.05, 0.1) is 10.2 Å². The fraction of sp³-hybridized carbons (Fsp3) is 0.412. The highest BCUT2D eigenvalue weighted by Gasteiger charge is 2.22. The molecule has 0 saturated heterocycles. The second-order valence-corrected chi connectivity index (χ2v) is 6.91. The van der Waals surface area contributed by atoms with Gasteiger partial charge in [0.15, 0.2) is 0 Å². The van der Waals surface area contributed by atoms with E-state index in [0.29, 0.717) is 15.2 Å². The summed E-state index contributed by atoms with van der Waals surface area (Å²) in [6, 6.07) is 4.27. The van der Waals surface area contributed by atoms with Gasteiger partial charge in [-0.1, -0.05) is 25.1 Å². The summed E-state index contributed by atoms with van der Waals surface area (Å²) in [5.41, 5.74) is 5.27. The number of nitrogens with one attached hydrogen (secondary N) is 1. The van der Waals surface area contributed by atoms with E-state index in [4.69, 9.17) is 9.63 Å². The van der Waals surface area contributed by atoms with Gasteiger partial charge in [0.2, 0.25) is 5.76 Å². The number of rotatable bonds is 5. The predicted octanol–water partition coefficient (Wildman–Crippen LogP) is 3.41. The summed E-state index contributed by atoms with van der Waals surface area (Å²) in [6.45, 7) is 8.52. The molecule has 1 heterocycles. The number of aliphatic hydroxyl groups is 1. The maximum atomic E-state index is 12.0. The molecule has 2 rings (SSSR count). The van der Waals surface area contributed by atoms with Crippen LogP contribution in [0.25, 0.3) is 11.3 Å². The smallest absolute Gasteiger partial charge is 0.291 e. The van der Waals surface area contributed by atoms with Crippen LogP contribution in [0.15, 0.2) is 16.7 Å². The van der Waals surface area contributed by atoms with Crippen molar-refractivity contribution >= 4 is 28.5 Å². The maximum Gasteiger partial charge on any atom is 0.291 e. The van der Waals surface area contributed by atoms with E-state index in [0.717, 1.165) is 11.1 Å². The molecular formula is C17H21IN2O3. The third kappa shape index (κ3) is 3.74. The summed E-state index contributed by atoms with van der Waals surface area (Å²) in [7, 11) is 0. The number of halogens is 1. The fourth-order valence-electron chi connectivity index (χ4n) is 2.58. The SMILES string of the molecule is Cc1cc(C)c(C(C)C)cc1-c1noc(C(=O)NCCO)c1I. The zero-order chi connectivity index (χ0) is 17.1. The third-order valence-corrected chi connectivity index (χ3v) is 4.73. The average molecular weight is 428 g/mol. The Morgan fingerprint density at radius 3 is 2.65 bits per heavy atom. The van der Waals surface area contributed by atoms with E-state index in [1.807, 2.05) is 6.92 Å². The minimum absolute atomic E-state index is 0.113. The highest BCUT2D eigenvalue weighted by molar-refractivity contribution is 14.1. The van der Waals surface area contributed by atoms with Crippen LogP contribution in [0.5, 0.6) is 0 Å². The van der Waals surface area contributed by atoms with Gasteiger partial charge in [-0.3, -0.25) is 4.79 Å². The first-order valence-electron chi connectivity index (χ1n) is 7.52. The van der Waals surface area contributed by atoms with Crippen LogP contribution in [0.4, 0.5) is 0 Å². The molecule has 0 fully saturated rings. The highest BCUT2D eigenvalue weighted by Crippen LogP contribution is 2.33. The Labute approximate surface area is 149 Å². The largest absolute Gasteiger partial charge is 0.395 e. The lowest BCUT2D eigenvalue weighted by atomic mass is 9.92. The highest BCUT2D eigenvalue weighted by atomic mass is 127. The molecule has 6 heteroatoms. The van der Waals surface area contributed by atoms with E-state index in [1.165, 1.54) is 11.1 Å². The minimum Gasteiger partial charge on any atom is -0.395 e. The van der Waals surface area contributed by atoms with Gasteiger partial charge in [-0.25, -0.2) is 0 Å². The number of benzene rings is 1. The second kappa shape index (κ2) is 7.44. The van der Waals surface area contributed by atoms with Crippen molar-refractivity contribution in [2.24, 2.45) is 0 Å². The Kier molecular flexibility index (Phi) is 5.80. The van der Waals surface area contributed by atoms with E-state index in [9.17, 15) is 4.79 Å². The van der Waals surface area contributed by atoms with Crippen molar-refractivity contribution in [1.82, 2.24) is 10.5 Å². The van der Waals surface area contributed by atoms with Gasteiger partial charge in [-0.15, -0.1) is 0 Å². The number of hydrogen-bond donors (Lipinski definition) is 2.